The number of aromatic nitrogens is 1. The first-order valence-electron chi connectivity index (χ1n) is 12.6. The van der Waals surface area contributed by atoms with Gasteiger partial charge in [0, 0.05) is 11.3 Å². The van der Waals surface area contributed by atoms with Crippen molar-refractivity contribution in [2.45, 2.75) is 99.4 Å². The van der Waals surface area contributed by atoms with E-state index in [1.807, 2.05) is 26.2 Å². The second-order valence-electron chi connectivity index (χ2n) is 10.9. The molecule has 2 heterocycles. The van der Waals surface area contributed by atoms with Gasteiger partial charge in [-0.2, -0.15) is 0 Å². The maximum atomic E-state index is 13.3. The molecule has 0 saturated carbocycles. The minimum absolute atomic E-state index is 0.0492. The summed E-state index contributed by atoms with van der Waals surface area (Å²) in [7, 11) is 0. The number of rotatable bonds is 2. The van der Waals surface area contributed by atoms with E-state index in [9.17, 15) is 19.8 Å². The third-order valence-corrected chi connectivity index (χ3v) is 8.44. The Kier molecular flexibility index (Phi) is 10.4. The molecule has 0 aliphatic carbocycles. The van der Waals surface area contributed by atoms with Crippen LogP contribution in [0.4, 0.5) is 0 Å². The summed E-state index contributed by atoms with van der Waals surface area (Å²) in [5.41, 5.74) is 1.32. The smallest absolute Gasteiger partial charge is 0.309 e. The molecule has 1 aliphatic heterocycles. The van der Waals surface area contributed by atoms with Gasteiger partial charge >= 0.3 is 5.97 Å². The molecule has 0 aromatic carbocycles. The summed E-state index contributed by atoms with van der Waals surface area (Å²) >= 11 is 1.52. The van der Waals surface area contributed by atoms with Gasteiger partial charge in [-0.1, -0.05) is 52.7 Å². The van der Waals surface area contributed by atoms with E-state index in [1.54, 1.807) is 32.9 Å². The Balaban J connectivity index is 2.40. The predicted octanol–water partition coefficient (Wildman–Crippen LogP) is 5.51. The van der Waals surface area contributed by atoms with Crippen LogP contribution in [0.1, 0.15) is 84.9 Å². The number of ether oxygens (including phenoxy) is 1. The van der Waals surface area contributed by atoms with E-state index in [4.69, 9.17) is 4.74 Å². The number of cyclic esters (lactones) is 1. The topological polar surface area (TPSA) is 96.7 Å². The largest absolute Gasteiger partial charge is 0.455 e. The SMILES string of the molecule is C/C1=C/C(O)C(/C(C)=C/c2csc(C)n2)OC(=O)CC(O)C(C)(C)C(=O)C(C)C(C)C(C)CCC1. The molecule has 2 N–H and O–H groups in total. The number of allylic oxidation sites excluding steroid dienone is 1. The number of aryl methyl sites for hydroxylation is 1. The number of aliphatic hydroxyl groups is 2. The fourth-order valence-corrected chi connectivity index (χ4v) is 5.28. The van der Waals surface area contributed by atoms with Crippen molar-refractivity contribution in [1.82, 2.24) is 4.98 Å². The number of Topliss-reactive ketones (excluding diaryl/α,β-unsaturated/α-hetero) is 1. The first-order valence-corrected chi connectivity index (χ1v) is 13.5. The third kappa shape index (κ3) is 7.83. The van der Waals surface area contributed by atoms with Crippen molar-refractivity contribution in [3.8, 4) is 0 Å². The lowest BCUT2D eigenvalue weighted by molar-refractivity contribution is -0.156. The molecule has 0 bridgehead atoms. The molecule has 0 amide bonds. The quantitative estimate of drug-likeness (QED) is 0.406. The number of thiazole rings is 1. The molecule has 1 aromatic heterocycles. The van der Waals surface area contributed by atoms with Gasteiger partial charge in [0.15, 0.2) is 6.10 Å². The molecular formula is C28H43NO5S. The van der Waals surface area contributed by atoms with Crippen molar-refractivity contribution in [1.29, 1.82) is 0 Å². The van der Waals surface area contributed by atoms with Crippen LogP contribution < -0.4 is 0 Å². The fourth-order valence-electron chi connectivity index (χ4n) is 4.71. The summed E-state index contributed by atoms with van der Waals surface area (Å²) in [4.78, 5) is 30.7. The number of carbonyl (C=O) groups excluding carboxylic acids is 2. The van der Waals surface area contributed by atoms with Crippen molar-refractivity contribution in [3.05, 3.63) is 33.3 Å². The number of nitrogens with zero attached hydrogens (tertiary/aromatic N) is 1. The van der Waals surface area contributed by atoms with E-state index < -0.39 is 29.7 Å². The Labute approximate surface area is 214 Å². The monoisotopic (exact) mass is 505 g/mol. The van der Waals surface area contributed by atoms with E-state index in [0.717, 1.165) is 35.5 Å². The van der Waals surface area contributed by atoms with E-state index in [-0.39, 0.29) is 24.0 Å². The number of hydrogen-bond acceptors (Lipinski definition) is 7. The van der Waals surface area contributed by atoms with Crippen LogP contribution in [0.5, 0.6) is 0 Å². The van der Waals surface area contributed by atoms with Gasteiger partial charge in [-0.25, -0.2) is 4.98 Å². The molecule has 6 atom stereocenters. The average molecular weight is 506 g/mol. The van der Waals surface area contributed by atoms with Crippen molar-refractivity contribution in [2.24, 2.45) is 23.2 Å². The summed E-state index contributed by atoms with van der Waals surface area (Å²) < 4.78 is 5.72. The summed E-state index contributed by atoms with van der Waals surface area (Å²) in [6.45, 7) is 15.2. The molecule has 1 aromatic rings. The van der Waals surface area contributed by atoms with Crippen LogP contribution in [0.2, 0.25) is 0 Å². The fraction of sp³-hybridized carbons (Fsp3) is 0.679. The second-order valence-corrected chi connectivity index (χ2v) is 12.0. The standard InChI is InChI=1S/C28H43NO5S/c1-16-10-9-11-17(2)19(4)20(5)27(33)28(7,8)24(31)14-25(32)34-26(23(30)12-16)18(3)13-22-15-35-21(6)29-22/h12-13,15,17,19-20,23-24,26,30-31H,9-11,14H2,1-8H3/b16-12-,18-13+. The lowest BCUT2D eigenvalue weighted by atomic mass is 9.70. The van der Waals surface area contributed by atoms with Crippen LogP contribution in [0.25, 0.3) is 6.08 Å². The minimum atomic E-state index is -1.19. The van der Waals surface area contributed by atoms with E-state index in [0.29, 0.717) is 11.5 Å². The summed E-state index contributed by atoms with van der Waals surface area (Å²) in [5, 5.41) is 24.8. The average Bonchev–Trinajstić information content (AvgIpc) is 3.19. The van der Waals surface area contributed by atoms with Crippen LogP contribution >= 0.6 is 11.3 Å². The van der Waals surface area contributed by atoms with E-state index >= 15 is 0 Å². The molecule has 0 saturated heterocycles. The highest BCUT2D eigenvalue weighted by molar-refractivity contribution is 7.09. The van der Waals surface area contributed by atoms with Crippen molar-refractivity contribution in [2.75, 3.05) is 0 Å². The zero-order valence-corrected chi connectivity index (χ0v) is 23.3. The lowest BCUT2D eigenvalue weighted by Crippen LogP contribution is -2.44. The number of aliphatic hydroxyl groups excluding tert-OH is 2. The summed E-state index contributed by atoms with van der Waals surface area (Å²) in [6, 6.07) is 0. The number of ketones is 1. The number of carbonyl (C=O) groups is 2. The molecule has 0 spiro atoms. The van der Waals surface area contributed by atoms with Crippen molar-refractivity contribution >= 4 is 29.2 Å². The molecule has 0 fully saturated rings. The maximum absolute atomic E-state index is 13.3. The molecule has 35 heavy (non-hydrogen) atoms. The minimum Gasteiger partial charge on any atom is -0.455 e. The molecule has 196 valence electrons. The number of esters is 1. The van der Waals surface area contributed by atoms with Gasteiger partial charge in [-0.3, -0.25) is 9.59 Å². The van der Waals surface area contributed by atoms with Gasteiger partial charge in [0.05, 0.1) is 28.6 Å². The van der Waals surface area contributed by atoms with Gasteiger partial charge in [0.2, 0.25) is 0 Å². The van der Waals surface area contributed by atoms with E-state index in [1.165, 1.54) is 11.3 Å². The first-order chi connectivity index (χ1) is 16.2. The number of hydrogen-bond donors (Lipinski definition) is 2. The van der Waals surface area contributed by atoms with Crippen LogP contribution in [-0.4, -0.2) is 45.3 Å². The highest BCUT2D eigenvalue weighted by Gasteiger charge is 2.41. The van der Waals surface area contributed by atoms with Crippen LogP contribution in [0, 0.1) is 30.1 Å². The Morgan fingerprint density at radius 3 is 2.46 bits per heavy atom. The second kappa shape index (κ2) is 12.4. The van der Waals surface area contributed by atoms with Gasteiger partial charge in [0.1, 0.15) is 11.9 Å². The molecule has 2 rings (SSSR count). The summed E-state index contributed by atoms with van der Waals surface area (Å²) in [6.07, 6.45) is 2.80. The van der Waals surface area contributed by atoms with E-state index in [2.05, 4.69) is 18.8 Å². The first kappa shape index (κ1) is 29.4. The van der Waals surface area contributed by atoms with Crippen LogP contribution in [-0.2, 0) is 14.3 Å². The van der Waals surface area contributed by atoms with Gasteiger partial charge in [-0.15, -0.1) is 11.3 Å². The predicted molar refractivity (Wildman–Crippen MR) is 141 cm³/mol. The lowest BCUT2D eigenvalue weighted by Gasteiger charge is -2.35. The zero-order chi connectivity index (χ0) is 26.5. The summed E-state index contributed by atoms with van der Waals surface area (Å²) in [5.74, 6) is -0.465. The highest BCUT2D eigenvalue weighted by Crippen LogP contribution is 2.35. The molecule has 7 heteroatoms. The van der Waals surface area contributed by atoms with Gasteiger partial charge in [0.25, 0.3) is 0 Å². The zero-order valence-electron chi connectivity index (χ0n) is 22.5. The van der Waals surface area contributed by atoms with Crippen LogP contribution in [0.3, 0.4) is 0 Å². The normalized spacial score (nSPS) is 33.7. The van der Waals surface area contributed by atoms with Crippen LogP contribution in [0.15, 0.2) is 22.6 Å². The van der Waals surface area contributed by atoms with Gasteiger partial charge in [-0.05, 0) is 57.1 Å². The van der Waals surface area contributed by atoms with Crippen molar-refractivity contribution in [3.63, 3.8) is 0 Å². The maximum Gasteiger partial charge on any atom is 0.309 e. The Morgan fingerprint density at radius 2 is 1.86 bits per heavy atom. The highest BCUT2D eigenvalue weighted by atomic mass is 32.1. The Bertz CT molecular complexity index is 947. The molecule has 6 nitrogen and oxygen atoms in total. The van der Waals surface area contributed by atoms with Gasteiger partial charge < -0.3 is 14.9 Å². The Hall–Kier alpha value is -1.83. The van der Waals surface area contributed by atoms with Crippen molar-refractivity contribution < 1.29 is 24.5 Å². The molecular weight excluding hydrogens is 462 g/mol. The molecule has 0 radical (unpaired) electrons. The molecule has 1 aliphatic rings. The molecule has 6 unspecified atom stereocenters. The third-order valence-electron chi connectivity index (χ3n) is 7.64. The Morgan fingerprint density at radius 1 is 1.20 bits per heavy atom.